The van der Waals surface area contributed by atoms with E-state index in [0.29, 0.717) is 25.7 Å². The summed E-state index contributed by atoms with van der Waals surface area (Å²) in [4.78, 5) is 48.4. The zero-order valence-electron chi connectivity index (χ0n) is 46.0. The number of esters is 3. The largest absolute Gasteiger partial charge is 0.472 e. The number of carbonyl (C=O) groups is 3. The molecule has 0 heterocycles. The van der Waals surface area contributed by atoms with E-state index in [-0.39, 0.29) is 25.9 Å². The number of aliphatic hydroxyl groups excluding tert-OH is 1. The monoisotopic (exact) mass is 1050 g/mol. The third-order valence-electron chi connectivity index (χ3n) is 11.1. The SMILES string of the molecule is CC/C=C\C/C=C\C/C=C\C/C=C\C/C=C\C/C=C\CCC(=O)OC(COC(=O)CCCCCCCCCCC)COP(=O)(O)OCC(CO)OC(=O)CCCCC/C=C\C/C=C\C/C=C\C/C=C\C/C=C\CC. The first-order chi connectivity index (χ1) is 36.2. The van der Waals surface area contributed by atoms with Crippen LogP contribution in [0.3, 0.4) is 0 Å². The van der Waals surface area contributed by atoms with Crippen LogP contribution in [0, 0.1) is 0 Å². The second-order valence-electron chi connectivity index (χ2n) is 18.0. The number of unbranched alkanes of at least 4 members (excludes halogenated alkanes) is 11. The predicted molar refractivity (Wildman–Crippen MR) is 306 cm³/mol. The highest BCUT2D eigenvalue weighted by Crippen LogP contribution is 2.43. The van der Waals surface area contributed by atoms with Gasteiger partial charge in [0, 0.05) is 19.3 Å². The molecule has 3 unspecified atom stereocenters. The van der Waals surface area contributed by atoms with E-state index in [1.54, 1.807) is 0 Å². The molecular formula is C62H99O11P. The standard InChI is InChI=1S/C62H99O11P/c1-4-7-10-13-16-19-21-23-25-27-29-31-33-35-37-40-43-46-49-52-61(65)72-58(54-63)56-70-74(67,68)71-57-59(55-69-60(64)51-48-45-42-39-18-15-12-9-6-3)73-62(66)53-50-47-44-41-38-36-34-32-30-28-26-24-22-20-17-14-11-8-5-2/h7-8,10-11,16-17,19-20,23-26,29-32,35-38,44,47,58-59,63H,4-6,9,12-15,18,21-22,27-28,33-34,39-43,45-46,48-57H2,1-3H3,(H,67,68)/b10-7-,11-8-,19-16-,20-17-,25-23-,26-24-,31-29-,32-30-,37-35-,38-36-,47-44-. The van der Waals surface area contributed by atoms with E-state index < -0.39 is 57.8 Å². The van der Waals surface area contributed by atoms with Gasteiger partial charge in [0.2, 0.25) is 0 Å². The van der Waals surface area contributed by atoms with Crippen LogP contribution in [-0.2, 0) is 42.2 Å². The van der Waals surface area contributed by atoms with E-state index >= 15 is 0 Å². The Kier molecular flexibility index (Phi) is 51.6. The van der Waals surface area contributed by atoms with Crippen molar-refractivity contribution in [1.82, 2.24) is 0 Å². The van der Waals surface area contributed by atoms with E-state index in [9.17, 15) is 28.9 Å². The van der Waals surface area contributed by atoms with Crippen molar-refractivity contribution in [2.45, 2.75) is 213 Å². The Morgan fingerprint density at radius 3 is 1.16 bits per heavy atom. The summed E-state index contributed by atoms with van der Waals surface area (Å²) < 4.78 is 39.3. The number of ether oxygens (including phenoxy) is 3. The molecule has 0 rings (SSSR count). The molecule has 2 N–H and O–H groups in total. The second-order valence-corrected chi connectivity index (χ2v) is 19.4. The van der Waals surface area contributed by atoms with Gasteiger partial charge in [-0.2, -0.15) is 0 Å². The highest BCUT2D eigenvalue weighted by atomic mass is 31.2. The lowest BCUT2D eigenvalue weighted by Gasteiger charge is -2.21. The minimum Gasteiger partial charge on any atom is -0.462 e. The first-order valence-corrected chi connectivity index (χ1v) is 29.6. The molecule has 0 saturated heterocycles. The van der Waals surface area contributed by atoms with Gasteiger partial charge in [-0.25, -0.2) is 4.57 Å². The normalized spacial score (nSPS) is 14.4. The first-order valence-electron chi connectivity index (χ1n) is 28.1. The van der Waals surface area contributed by atoms with Gasteiger partial charge in [-0.15, -0.1) is 0 Å². The van der Waals surface area contributed by atoms with Crippen molar-refractivity contribution in [2.75, 3.05) is 26.4 Å². The van der Waals surface area contributed by atoms with Crippen LogP contribution in [0.5, 0.6) is 0 Å². The Labute approximate surface area is 449 Å². The van der Waals surface area contributed by atoms with E-state index in [2.05, 4.69) is 142 Å². The summed E-state index contributed by atoms with van der Waals surface area (Å²) in [6.07, 6.45) is 68.7. The minimum absolute atomic E-state index is 0.0339. The molecule has 0 aromatic rings. The molecule has 11 nitrogen and oxygen atoms in total. The molecule has 3 atom stereocenters. The lowest BCUT2D eigenvalue weighted by Crippen LogP contribution is -2.30. The van der Waals surface area contributed by atoms with Crippen LogP contribution in [0.15, 0.2) is 134 Å². The quantitative estimate of drug-likeness (QED) is 0.0197. The number of allylic oxidation sites excluding steroid dienone is 22. The molecule has 418 valence electrons. The lowest BCUT2D eigenvalue weighted by atomic mass is 10.1. The fraction of sp³-hybridized carbons (Fsp3) is 0.597. The molecule has 0 aliphatic rings. The Balaban J connectivity index is 4.79. The van der Waals surface area contributed by atoms with Crippen molar-refractivity contribution in [2.24, 2.45) is 0 Å². The van der Waals surface area contributed by atoms with Gasteiger partial charge in [0.25, 0.3) is 0 Å². The van der Waals surface area contributed by atoms with Gasteiger partial charge in [0.15, 0.2) is 6.10 Å². The van der Waals surface area contributed by atoms with Crippen molar-refractivity contribution in [3.05, 3.63) is 134 Å². The summed E-state index contributed by atoms with van der Waals surface area (Å²) in [5, 5.41) is 9.80. The fourth-order valence-electron chi connectivity index (χ4n) is 6.88. The summed E-state index contributed by atoms with van der Waals surface area (Å²) >= 11 is 0. The van der Waals surface area contributed by atoms with Gasteiger partial charge in [-0.1, -0.05) is 212 Å². The lowest BCUT2D eigenvalue weighted by molar-refractivity contribution is -0.161. The van der Waals surface area contributed by atoms with Crippen LogP contribution in [0.25, 0.3) is 0 Å². The molecule has 0 aromatic carbocycles. The molecule has 0 bridgehead atoms. The van der Waals surface area contributed by atoms with Crippen LogP contribution in [0.1, 0.15) is 201 Å². The molecule has 0 amide bonds. The topological polar surface area (TPSA) is 155 Å². The van der Waals surface area contributed by atoms with Crippen LogP contribution >= 0.6 is 7.82 Å². The molecule has 12 heteroatoms. The molecule has 74 heavy (non-hydrogen) atoms. The summed E-state index contributed by atoms with van der Waals surface area (Å²) in [5.41, 5.74) is 0. The Morgan fingerprint density at radius 1 is 0.392 bits per heavy atom. The van der Waals surface area contributed by atoms with Gasteiger partial charge < -0.3 is 24.2 Å². The maximum absolute atomic E-state index is 12.9. The zero-order valence-corrected chi connectivity index (χ0v) is 46.9. The van der Waals surface area contributed by atoms with Crippen LogP contribution in [0.4, 0.5) is 0 Å². The average molecular weight is 1050 g/mol. The predicted octanol–water partition coefficient (Wildman–Crippen LogP) is 16.6. The molecule has 0 aliphatic heterocycles. The minimum atomic E-state index is -4.78. The van der Waals surface area contributed by atoms with Crippen molar-refractivity contribution >= 4 is 25.7 Å². The summed E-state index contributed by atoms with van der Waals surface area (Å²) in [5.74, 6) is -1.62. The van der Waals surface area contributed by atoms with Crippen LogP contribution < -0.4 is 0 Å². The third kappa shape index (κ3) is 52.5. The van der Waals surface area contributed by atoms with E-state index in [0.717, 1.165) is 103 Å². The van der Waals surface area contributed by atoms with Crippen LogP contribution in [0.2, 0.25) is 0 Å². The number of hydrogen-bond acceptors (Lipinski definition) is 10. The number of phosphoric ester groups is 1. The fourth-order valence-corrected chi connectivity index (χ4v) is 7.66. The molecular weight excluding hydrogens is 952 g/mol. The van der Waals surface area contributed by atoms with E-state index in [1.165, 1.54) is 32.1 Å². The summed E-state index contributed by atoms with van der Waals surface area (Å²) in [7, 11) is -4.78. The van der Waals surface area contributed by atoms with Crippen molar-refractivity contribution in [3.63, 3.8) is 0 Å². The Bertz CT molecular complexity index is 1750. The summed E-state index contributed by atoms with van der Waals surface area (Å²) in [6.45, 7) is 4.24. The van der Waals surface area contributed by atoms with Crippen LogP contribution in [-0.4, -0.2) is 66.5 Å². The first kappa shape index (κ1) is 69.6. The third-order valence-corrected chi connectivity index (χ3v) is 12.0. The van der Waals surface area contributed by atoms with Gasteiger partial charge in [-0.05, 0) is 103 Å². The number of aliphatic hydroxyl groups is 1. The number of rotatable bonds is 50. The number of carbonyl (C=O) groups excluding carboxylic acids is 3. The van der Waals surface area contributed by atoms with E-state index in [4.69, 9.17) is 23.3 Å². The maximum Gasteiger partial charge on any atom is 0.472 e. The zero-order chi connectivity index (χ0) is 54.1. The van der Waals surface area contributed by atoms with E-state index in [1.807, 2.05) is 12.2 Å². The molecule has 0 aliphatic carbocycles. The Hall–Kier alpha value is -4.38. The van der Waals surface area contributed by atoms with Gasteiger partial charge in [0.1, 0.15) is 12.7 Å². The van der Waals surface area contributed by atoms with Gasteiger partial charge in [0.05, 0.1) is 19.8 Å². The smallest absolute Gasteiger partial charge is 0.462 e. The van der Waals surface area contributed by atoms with Gasteiger partial charge >= 0.3 is 25.7 Å². The molecule has 0 radical (unpaired) electrons. The number of hydrogen-bond donors (Lipinski definition) is 2. The van der Waals surface area contributed by atoms with Gasteiger partial charge in [-0.3, -0.25) is 23.4 Å². The summed E-state index contributed by atoms with van der Waals surface area (Å²) in [6, 6.07) is 0. The average Bonchev–Trinajstić information content (AvgIpc) is 3.39. The van der Waals surface area contributed by atoms with Crippen molar-refractivity contribution < 1.29 is 52.2 Å². The molecule has 0 aromatic heterocycles. The number of phosphoric acid groups is 1. The second kappa shape index (κ2) is 54.9. The highest BCUT2D eigenvalue weighted by molar-refractivity contribution is 7.47. The maximum atomic E-state index is 12.9. The Morgan fingerprint density at radius 2 is 0.730 bits per heavy atom. The molecule has 0 spiro atoms. The molecule has 0 saturated carbocycles. The molecule has 0 fully saturated rings. The van der Waals surface area contributed by atoms with Crippen molar-refractivity contribution in [3.8, 4) is 0 Å². The highest BCUT2D eigenvalue weighted by Gasteiger charge is 2.28. The van der Waals surface area contributed by atoms with Crippen molar-refractivity contribution in [1.29, 1.82) is 0 Å².